The van der Waals surface area contributed by atoms with Gasteiger partial charge in [0.25, 0.3) is 0 Å². The molecule has 0 fully saturated rings. The van der Waals surface area contributed by atoms with Crippen molar-refractivity contribution in [3.63, 3.8) is 0 Å². The molecule has 0 aromatic heterocycles. The Morgan fingerprint density at radius 2 is 2.00 bits per heavy atom. The van der Waals surface area contributed by atoms with Gasteiger partial charge in [0.2, 0.25) is 5.91 Å². The lowest BCUT2D eigenvalue weighted by Gasteiger charge is -2.29. The van der Waals surface area contributed by atoms with Gasteiger partial charge in [0.1, 0.15) is 0 Å². The van der Waals surface area contributed by atoms with Crippen LogP contribution in [0.3, 0.4) is 0 Å². The third-order valence-corrected chi connectivity index (χ3v) is 4.18. The number of halogens is 1. The summed E-state index contributed by atoms with van der Waals surface area (Å²) < 4.78 is 0. The number of rotatable bonds is 6. The average molecular weight is 302 g/mol. The van der Waals surface area contributed by atoms with E-state index in [0.29, 0.717) is 17.2 Å². The summed E-state index contributed by atoms with van der Waals surface area (Å²) in [4.78, 5) is 12.8. The predicted octanol–water partition coefficient (Wildman–Crippen LogP) is 3.10. The van der Waals surface area contributed by atoms with Gasteiger partial charge >= 0.3 is 0 Å². The van der Waals surface area contributed by atoms with E-state index in [1.165, 1.54) is 0 Å². The van der Waals surface area contributed by atoms with E-state index >= 15 is 0 Å². The van der Waals surface area contributed by atoms with Gasteiger partial charge in [-0.15, -0.1) is 11.8 Å². The second-order valence-electron chi connectivity index (χ2n) is 5.00. The van der Waals surface area contributed by atoms with Gasteiger partial charge in [-0.1, -0.05) is 11.6 Å². The van der Waals surface area contributed by atoms with Crippen molar-refractivity contribution < 1.29 is 9.90 Å². The molecule has 1 rings (SSSR count). The monoisotopic (exact) mass is 301 g/mol. The number of aliphatic hydroxyl groups is 1. The second-order valence-corrected chi connectivity index (χ2v) is 6.60. The zero-order valence-electron chi connectivity index (χ0n) is 11.4. The van der Waals surface area contributed by atoms with Crippen LogP contribution in [0, 0.1) is 0 Å². The molecular weight excluding hydrogens is 282 g/mol. The van der Waals surface area contributed by atoms with Crippen LogP contribution < -0.4 is 5.32 Å². The van der Waals surface area contributed by atoms with Crippen molar-refractivity contribution in [3.05, 3.63) is 29.3 Å². The van der Waals surface area contributed by atoms with Crippen LogP contribution >= 0.6 is 23.4 Å². The molecule has 19 heavy (non-hydrogen) atoms. The van der Waals surface area contributed by atoms with Crippen LogP contribution in [-0.2, 0) is 4.79 Å². The number of nitrogens with one attached hydrogen (secondary N) is 1. The molecule has 1 atom stereocenters. The van der Waals surface area contributed by atoms with Crippen LogP contribution in [0.25, 0.3) is 0 Å². The SMILES string of the molecule is CC(O)C(C)(C)NC(=O)CCSc1ccc(Cl)cc1. The van der Waals surface area contributed by atoms with E-state index < -0.39 is 11.6 Å². The van der Waals surface area contributed by atoms with Gasteiger partial charge in [-0.2, -0.15) is 0 Å². The highest BCUT2D eigenvalue weighted by atomic mass is 35.5. The zero-order valence-corrected chi connectivity index (χ0v) is 13.0. The fourth-order valence-corrected chi connectivity index (χ4v) is 2.30. The summed E-state index contributed by atoms with van der Waals surface area (Å²) in [5.41, 5.74) is -0.595. The van der Waals surface area contributed by atoms with Crippen molar-refractivity contribution >= 4 is 29.3 Å². The maximum Gasteiger partial charge on any atom is 0.221 e. The second kappa shape index (κ2) is 7.17. The molecule has 106 valence electrons. The summed E-state index contributed by atoms with van der Waals surface area (Å²) >= 11 is 7.41. The third kappa shape index (κ3) is 5.85. The number of benzene rings is 1. The Labute approximate surface area is 123 Å². The van der Waals surface area contributed by atoms with Crippen molar-refractivity contribution in [2.75, 3.05) is 5.75 Å². The lowest BCUT2D eigenvalue weighted by atomic mass is 9.99. The molecule has 3 nitrogen and oxygen atoms in total. The molecule has 0 aliphatic rings. The van der Waals surface area contributed by atoms with Gasteiger partial charge in [-0.05, 0) is 45.0 Å². The van der Waals surface area contributed by atoms with Gasteiger partial charge in [0.05, 0.1) is 11.6 Å². The molecule has 5 heteroatoms. The molecule has 1 aromatic rings. The molecule has 0 heterocycles. The van der Waals surface area contributed by atoms with E-state index in [0.717, 1.165) is 4.90 Å². The average Bonchev–Trinajstić information content (AvgIpc) is 2.31. The fourth-order valence-electron chi connectivity index (χ4n) is 1.32. The van der Waals surface area contributed by atoms with Crippen LogP contribution in [0.1, 0.15) is 27.2 Å². The smallest absolute Gasteiger partial charge is 0.221 e. The minimum absolute atomic E-state index is 0.0487. The normalized spacial score (nSPS) is 13.1. The summed E-state index contributed by atoms with van der Waals surface area (Å²) in [5, 5.41) is 13.1. The van der Waals surface area contributed by atoms with E-state index in [-0.39, 0.29) is 5.91 Å². The Morgan fingerprint density at radius 3 is 2.53 bits per heavy atom. The van der Waals surface area contributed by atoms with E-state index in [1.807, 2.05) is 38.1 Å². The molecule has 0 spiro atoms. The van der Waals surface area contributed by atoms with Crippen LogP contribution in [0.4, 0.5) is 0 Å². The molecule has 1 aromatic carbocycles. The number of hydrogen-bond acceptors (Lipinski definition) is 3. The standard InChI is InChI=1S/C14H20ClNO2S/c1-10(17)14(2,3)16-13(18)8-9-19-12-6-4-11(15)5-7-12/h4-7,10,17H,8-9H2,1-3H3,(H,16,18). The number of aliphatic hydroxyl groups excluding tert-OH is 1. The van der Waals surface area contributed by atoms with Gasteiger partial charge in [0, 0.05) is 22.1 Å². The van der Waals surface area contributed by atoms with Crippen LogP contribution in [0.5, 0.6) is 0 Å². The molecule has 1 amide bonds. The van der Waals surface area contributed by atoms with E-state index in [1.54, 1.807) is 18.7 Å². The van der Waals surface area contributed by atoms with E-state index in [9.17, 15) is 9.90 Å². The van der Waals surface area contributed by atoms with Crippen molar-refractivity contribution in [2.45, 2.75) is 43.7 Å². The Bertz CT molecular complexity index is 418. The number of carbonyl (C=O) groups is 1. The number of thioether (sulfide) groups is 1. The highest BCUT2D eigenvalue weighted by Crippen LogP contribution is 2.21. The zero-order chi connectivity index (χ0) is 14.5. The summed E-state index contributed by atoms with van der Waals surface area (Å²) in [6, 6.07) is 7.54. The first-order chi connectivity index (χ1) is 8.81. The predicted molar refractivity (Wildman–Crippen MR) is 80.7 cm³/mol. The molecule has 0 aliphatic heterocycles. The van der Waals surface area contributed by atoms with Crippen molar-refractivity contribution in [1.29, 1.82) is 0 Å². The molecular formula is C14H20ClNO2S. The maximum atomic E-state index is 11.8. The van der Waals surface area contributed by atoms with Crippen LogP contribution in [0.15, 0.2) is 29.2 Å². The first kappa shape index (κ1) is 16.3. The summed E-state index contributed by atoms with van der Waals surface area (Å²) in [5.74, 6) is 0.649. The van der Waals surface area contributed by atoms with Gasteiger partial charge in [-0.3, -0.25) is 4.79 Å². The van der Waals surface area contributed by atoms with E-state index in [2.05, 4.69) is 5.32 Å². The summed E-state index contributed by atoms with van der Waals surface area (Å²) in [6.45, 7) is 5.28. The quantitative estimate of drug-likeness (QED) is 0.794. The van der Waals surface area contributed by atoms with Gasteiger partial charge < -0.3 is 10.4 Å². The van der Waals surface area contributed by atoms with Crippen molar-refractivity contribution in [3.8, 4) is 0 Å². The summed E-state index contributed by atoms with van der Waals surface area (Å²) in [6.07, 6.45) is -0.163. The van der Waals surface area contributed by atoms with Gasteiger partial charge in [-0.25, -0.2) is 0 Å². The minimum atomic E-state index is -0.595. The van der Waals surface area contributed by atoms with Crippen molar-refractivity contribution in [1.82, 2.24) is 5.32 Å². The Hall–Kier alpha value is -0.710. The largest absolute Gasteiger partial charge is 0.391 e. The van der Waals surface area contributed by atoms with Crippen LogP contribution in [-0.4, -0.2) is 28.4 Å². The molecule has 1 unspecified atom stereocenters. The van der Waals surface area contributed by atoms with Crippen LogP contribution in [0.2, 0.25) is 5.02 Å². The Morgan fingerprint density at radius 1 is 1.42 bits per heavy atom. The minimum Gasteiger partial charge on any atom is -0.391 e. The number of carbonyl (C=O) groups excluding carboxylic acids is 1. The topological polar surface area (TPSA) is 49.3 Å². The highest BCUT2D eigenvalue weighted by molar-refractivity contribution is 7.99. The first-order valence-corrected chi connectivity index (χ1v) is 7.55. The molecule has 0 radical (unpaired) electrons. The third-order valence-electron chi connectivity index (χ3n) is 2.92. The lowest BCUT2D eigenvalue weighted by Crippen LogP contribution is -2.51. The molecule has 2 N–H and O–H groups in total. The molecule has 0 saturated heterocycles. The number of hydrogen-bond donors (Lipinski definition) is 2. The van der Waals surface area contributed by atoms with E-state index in [4.69, 9.17) is 11.6 Å². The highest BCUT2D eigenvalue weighted by Gasteiger charge is 2.25. The summed E-state index contributed by atoms with van der Waals surface area (Å²) in [7, 11) is 0. The molecule has 0 saturated carbocycles. The first-order valence-electron chi connectivity index (χ1n) is 6.19. The van der Waals surface area contributed by atoms with Gasteiger partial charge in [0.15, 0.2) is 0 Å². The fraction of sp³-hybridized carbons (Fsp3) is 0.500. The lowest BCUT2D eigenvalue weighted by molar-refractivity contribution is -0.123. The maximum absolute atomic E-state index is 11.8. The van der Waals surface area contributed by atoms with Crippen molar-refractivity contribution in [2.24, 2.45) is 0 Å². The Kier molecular flexibility index (Phi) is 6.17. The Balaban J connectivity index is 2.33. The molecule has 0 aliphatic carbocycles. The molecule has 0 bridgehead atoms. The number of amides is 1.